The topological polar surface area (TPSA) is 41.1 Å². The molecule has 1 saturated heterocycles. The van der Waals surface area contributed by atoms with Crippen molar-refractivity contribution in [2.75, 3.05) is 25.9 Å². The van der Waals surface area contributed by atoms with Gasteiger partial charge in [-0.2, -0.15) is 11.8 Å². The minimum absolute atomic E-state index is 0.176. The average molecular weight is 230 g/mol. The number of carbonyl (C=O) groups is 1. The predicted molar refractivity (Wildman–Crippen MR) is 66.1 cm³/mol. The fraction of sp³-hybridized carbons (Fsp3) is 0.909. The van der Waals surface area contributed by atoms with Crippen molar-refractivity contribution >= 4 is 17.7 Å². The van der Waals surface area contributed by atoms with Gasteiger partial charge in [0, 0.05) is 18.3 Å². The zero-order chi connectivity index (χ0) is 11.3. The van der Waals surface area contributed by atoms with Crippen LogP contribution in [0.3, 0.4) is 0 Å². The molecule has 1 aliphatic rings. The van der Waals surface area contributed by atoms with Crippen LogP contribution in [0.25, 0.3) is 0 Å². The van der Waals surface area contributed by atoms with Crippen LogP contribution in [0.1, 0.15) is 20.3 Å². The first-order valence-corrected chi connectivity index (χ1v) is 6.95. The second-order valence-electron chi connectivity index (χ2n) is 4.37. The summed E-state index contributed by atoms with van der Waals surface area (Å²) >= 11 is 1.85. The summed E-state index contributed by atoms with van der Waals surface area (Å²) in [6.07, 6.45) is 3.16. The van der Waals surface area contributed by atoms with E-state index < -0.39 is 0 Å². The number of carbonyl (C=O) groups excluding carboxylic acids is 1. The zero-order valence-corrected chi connectivity index (χ0v) is 10.7. The van der Waals surface area contributed by atoms with Gasteiger partial charge in [0.25, 0.3) is 0 Å². The van der Waals surface area contributed by atoms with E-state index in [9.17, 15) is 4.79 Å². The van der Waals surface area contributed by atoms with Gasteiger partial charge in [-0.25, -0.2) is 0 Å². The van der Waals surface area contributed by atoms with E-state index in [0.29, 0.717) is 11.2 Å². The van der Waals surface area contributed by atoms with E-state index in [0.717, 1.165) is 26.1 Å². The Morgan fingerprint density at radius 1 is 1.60 bits per heavy atom. The van der Waals surface area contributed by atoms with Gasteiger partial charge in [-0.1, -0.05) is 13.8 Å². The monoisotopic (exact) mass is 230 g/mol. The van der Waals surface area contributed by atoms with E-state index in [1.165, 1.54) is 0 Å². The van der Waals surface area contributed by atoms with Crippen LogP contribution in [-0.2, 0) is 4.79 Å². The van der Waals surface area contributed by atoms with Gasteiger partial charge in [0.15, 0.2) is 0 Å². The molecule has 1 unspecified atom stereocenters. The Hall–Kier alpha value is -0.220. The van der Waals surface area contributed by atoms with Crippen LogP contribution in [0.15, 0.2) is 0 Å². The Morgan fingerprint density at radius 2 is 2.33 bits per heavy atom. The molecule has 2 N–H and O–H groups in total. The van der Waals surface area contributed by atoms with E-state index >= 15 is 0 Å². The van der Waals surface area contributed by atoms with Gasteiger partial charge in [-0.3, -0.25) is 4.79 Å². The Kier molecular flexibility index (Phi) is 5.47. The summed E-state index contributed by atoms with van der Waals surface area (Å²) in [5, 5.41) is 6.91. The number of hydrogen-bond donors (Lipinski definition) is 2. The third kappa shape index (κ3) is 4.03. The highest BCUT2D eigenvalue weighted by atomic mass is 32.2. The molecule has 1 aliphatic heterocycles. The zero-order valence-electron chi connectivity index (χ0n) is 9.88. The molecule has 1 rings (SSSR count). The molecule has 0 saturated carbocycles. The van der Waals surface area contributed by atoms with Gasteiger partial charge in [0.2, 0.25) is 5.91 Å². The first-order valence-electron chi connectivity index (χ1n) is 5.66. The molecule has 4 heteroatoms. The smallest absolute Gasteiger partial charge is 0.224 e. The molecule has 3 nitrogen and oxygen atoms in total. The maximum absolute atomic E-state index is 11.8. The second kappa shape index (κ2) is 6.38. The standard InChI is InChI=1S/C11H22N2OS/c1-8-6-12-7-10(8)11(14)13-5-4-9(2)15-3/h8-10,12H,4-7H2,1-3H3,(H,13,14)/t8-,9?,10-/m1/s1. The summed E-state index contributed by atoms with van der Waals surface area (Å²) in [5.74, 6) is 0.873. The van der Waals surface area contributed by atoms with Crippen molar-refractivity contribution in [3.05, 3.63) is 0 Å². The Labute approximate surface area is 96.8 Å². The summed E-state index contributed by atoms with van der Waals surface area (Å²) in [7, 11) is 0. The first-order chi connectivity index (χ1) is 7.15. The lowest BCUT2D eigenvalue weighted by Gasteiger charge is -2.15. The first kappa shape index (κ1) is 12.8. The number of rotatable bonds is 5. The van der Waals surface area contributed by atoms with Gasteiger partial charge in [-0.05, 0) is 25.1 Å². The lowest BCUT2D eigenvalue weighted by Crippen LogP contribution is -2.35. The summed E-state index contributed by atoms with van der Waals surface area (Å²) in [5.41, 5.74) is 0. The lowest BCUT2D eigenvalue weighted by atomic mass is 9.97. The largest absolute Gasteiger partial charge is 0.356 e. The van der Waals surface area contributed by atoms with Crippen LogP contribution >= 0.6 is 11.8 Å². The molecule has 1 heterocycles. The normalized spacial score (nSPS) is 27.7. The molecule has 0 radical (unpaired) electrons. The minimum Gasteiger partial charge on any atom is -0.356 e. The Morgan fingerprint density at radius 3 is 2.87 bits per heavy atom. The Balaban J connectivity index is 2.18. The third-order valence-corrected chi connectivity index (χ3v) is 4.15. The van der Waals surface area contributed by atoms with Crippen molar-refractivity contribution in [3.8, 4) is 0 Å². The molecular weight excluding hydrogens is 208 g/mol. The highest BCUT2D eigenvalue weighted by molar-refractivity contribution is 7.99. The second-order valence-corrected chi connectivity index (χ2v) is 5.64. The molecule has 15 heavy (non-hydrogen) atoms. The molecule has 0 bridgehead atoms. The molecule has 0 aromatic heterocycles. The highest BCUT2D eigenvalue weighted by Crippen LogP contribution is 2.15. The summed E-state index contributed by atoms with van der Waals surface area (Å²) < 4.78 is 0. The molecular formula is C11H22N2OS. The van der Waals surface area contributed by atoms with E-state index in [1.54, 1.807) is 0 Å². The molecule has 1 fully saturated rings. The lowest BCUT2D eigenvalue weighted by molar-refractivity contribution is -0.125. The van der Waals surface area contributed by atoms with Crippen molar-refractivity contribution in [2.45, 2.75) is 25.5 Å². The summed E-state index contributed by atoms with van der Waals surface area (Å²) in [6, 6.07) is 0. The van der Waals surface area contributed by atoms with E-state index in [-0.39, 0.29) is 11.8 Å². The third-order valence-electron chi connectivity index (χ3n) is 3.11. The van der Waals surface area contributed by atoms with Crippen LogP contribution in [0.5, 0.6) is 0 Å². The van der Waals surface area contributed by atoms with Gasteiger partial charge in [0.05, 0.1) is 5.92 Å². The minimum atomic E-state index is 0.176. The fourth-order valence-corrected chi connectivity index (χ4v) is 2.16. The summed E-state index contributed by atoms with van der Waals surface area (Å²) in [4.78, 5) is 11.8. The number of thioether (sulfide) groups is 1. The van der Waals surface area contributed by atoms with E-state index in [1.807, 2.05) is 11.8 Å². The van der Waals surface area contributed by atoms with Crippen molar-refractivity contribution in [1.29, 1.82) is 0 Å². The van der Waals surface area contributed by atoms with Gasteiger partial charge in [0.1, 0.15) is 0 Å². The van der Waals surface area contributed by atoms with Crippen LogP contribution in [0, 0.1) is 11.8 Å². The maximum atomic E-state index is 11.8. The average Bonchev–Trinajstić information content (AvgIpc) is 2.64. The van der Waals surface area contributed by atoms with Crippen molar-refractivity contribution < 1.29 is 4.79 Å². The van der Waals surface area contributed by atoms with Crippen molar-refractivity contribution in [1.82, 2.24) is 10.6 Å². The number of amides is 1. The van der Waals surface area contributed by atoms with Crippen LogP contribution in [0.4, 0.5) is 0 Å². The predicted octanol–water partition coefficient (Wildman–Crippen LogP) is 1.10. The van der Waals surface area contributed by atoms with Gasteiger partial charge >= 0.3 is 0 Å². The molecule has 88 valence electrons. The van der Waals surface area contributed by atoms with Gasteiger partial charge in [-0.15, -0.1) is 0 Å². The maximum Gasteiger partial charge on any atom is 0.224 e. The molecule has 0 spiro atoms. The number of nitrogens with one attached hydrogen (secondary N) is 2. The quantitative estimate of drug-likeness (QED) is 0.743. The number of hydrogen-bond acceptors (Lipinski definition) is 3. The van der Waals surface area contributed by atoms with Crippen LogP contribution in [0.2, 0.25) is 0 Å². The fourth-order valence-electron chi connectivity index (χ4n) is 1.81. The Bertz CT molecular complexity index is 211. The molecule has 0 aliphatic carbocycles. The van der Waals surface area contributed by atoms with Crippen molar-refractivity contribution in [2.24, 2.45) is 11.8 Å². The van der Waals surface area contributed by atoms with Crippen molar-refractivity contribution in [3.63, 3.8) is 0 Å². The molecule has 0 aromatic rings. The molecule has 3 atom stereocenters. The van der Waals surface area contributed by atoms with Crippen LogP contribution in [-0.4, -0.2) is 37.0 Å². The SMILES string of the molecule is CSC(C)CCNC(=O)[C@@H]1CNC[C@H]1C. The van der Waals surface area contributed by atoms with Gasteiger partial charge < -0.3 is 10.6 Å². The van der Waals surface area contributed by atoms with Crippen LogP contribution < -0.4 is 10.6 Å². The molecule has 0 aromatic carbocycles. The van der Waals surface area contributed by atoms with E-state index in [4.69, 9.17) is 0 Å². The highest BCUT2D eigenvalue weighted by Gasteiger charge is 2.28. The molecule has 1 amide bonds. The summed E-state index contributed by atoms with van der Waals surface area (Å²) in [6.45, 7) is 6.94. The van der Waals surface area contributed by atoms with E-state index in [2.05, 4.69) is 30.7 Å².